The fourth-order valence-corrected chi connectivity index (χ4v) is 3.05. The van der Waals surface area contributed by atoms with E-state index in [1.807, 2.05) is 19.1 Å². The second-order valence-electron chi connectivity index (χ2n) is 5.96. The molecular formula is C16H22FN3O. The Morgan fingerprint density at radius 3 is 2.86 bits per heavy atom. The van der Waals surface area contributed by atoms with Crippen LogP contribution in [0.4, 0.5) is 4.39 Å². The molecule has 0 spiro atoms. The molecule has 2 N–H and O–H groups in total. The minimum atomic E-state index is -0.111. The van der Waals surface area contributed by atoms with Crippen molar-refractivity contribution in [2.45, 2.75) is 37.8 Å². The zero-order valence-electron chi connectivity index (χ0n) is 12.3. The van der Waals surface area contributed by atoms with Crippen molar-refractivity contribution in [1.82, 2.24) is 4.90 Å². The van der Waals surface area contributed by atoms with Crippen LogP contribution >= 0.6 is 0 Å². The minimum absolute atomic E-state index is 0.111. The quantitative estimate of drug-likeness (QED) is 0.670. The van der Waals surface area contributed by atoms with Crippen LogP contribution in [0.3, 0.4) is 0 Å². The van der Waals surface area contributed by atoms with Crippen LogP contribution in [0.15, 0.2) is 29.3 Å². The standard InChI is InChI=1S/C16H22FN3O/c1-11-10-20(6-7-21-11)16(18)19-13-8-12(9-13)14-4-2-3-5-15(14)17/h2-5,11-13H,6-10H2,1H3,(H2,18,19). The van der Waals surface area contributed by atoms with Gasteiger partial charge in [-0.25, -0.2) is 9.38 Å². The highest BCUT2D eigenvalue weighted by Crippen LogP contribution is 2.39. The number of morpholine rings is 1. The number of hydrogen-bond donors (Lipinski definition) is 1. The zero-order chi connectivity index (χ0) is 14.8. The van der Waals surface area contributed by atoms with Crippen molar-refractivity contribution in [2.75, 3.05) is 19.7 Å². The van der Waals surface area contributed by atoms with Crippen LogP contribution < -0.4 is 5.73 Å². The fraction of sp³-hybridized carbons (Fsp3) is 0.562. The van der Waals surface area contributed by atoms with Crippen molar-refractivity contribution >= 4 is 5.96 Å². The number of guanidine groups is 1. The van der Waals surface area contributed by atoms with Gasteiger partial charge in [0.2, 0.25) is 0 Å². The molecule has 21 heavy (non-hydrogen) atoms. The van der Waals surface area contributed by atoms with Crippen molar-refractivity contribution < 1.29 is 9.13 Å². The maximum absolute atomic E-state index is 13.7. The second kappa shape index (κ2) is 6.02. The van der Waals surface area contributed by atoms with E-state index in [0.29, 0.717) is 12.6 Å². The Kier molecular flexibility index (Phi) is 4.10. The monoisotopic (exact) mass is 291 g/mol. The molecule has 1 aliphatic carbocycles. The average molecular weight is 291 g/mol. The molecule has 1 saturated carbocycles. The van der Waals surface area contributed by atoms with Gasteiger partial charge in [-0.3, -0.25) is 0 Å². The van der Waals surface area contributed by atoms with Crippen molar-refractivity contribution in [2.24, 2.45) is 10.7 Å². The summed E-state index contributed by atoms with van der Waals surface area (Å²) in [7, 11) is 0. The Morgan fingerprint density at radius 2 is 2.14 bits per heavy atom. The molecule has 0 aromatic heterocycles. The predicted molar refractivity (Wildman–Crippen MR) is 80.8 cm³/mol. The highest BCUT2D eigenvalue weighted by atomic mass is 19.1. The summed E-state index contributed by atoms with van der Waals surface area (Å²) < 4.78 is 19.2. The van der Waals surface area contributed by atoms with Crippen LogP contribution in [0.5, 0.6) is 0 Å². The molecule has 1 atom stereocenters. The van der Waals surface area contributed by atoms with Crippen molar-refractivity contribution in [1.29, 1.82) is 0 Å². The van der Waals surface area contributed by atoms with E-state index in [-0.39, 0.29) is 23.9 Å². The lowest BCUT2D eigenvalue weighted by Gasteiger charge is -2.36. The van der Waals surface area contributed by atoms with Gasteiger partial charge in [-0.05, 0) is 37.3 Å². The first-order chi connectivity index (χ1) is 10.1. The van der Waals surface area contributed by atoms with Gasteiger partial charge in [-0.15, -0.1) is 0 Å². The highest BCUT2D eigenvalue weighted by Gasteiger charge is 2.32. The molecule has 114 valence electrons. The topological polar surface area (TPSA) is 50.8 Å². The van der Waals surface area contributed by atoms with E-state index in [4.69, 9.17) is 10.5 Å². The molecule has 4 nitrogen and oxygen atoms in total. The molecule has 0 radical (unpaired) electrons. The summed E-state index contributed by atoms with van der Waals surface area (Å²) in [6.07, 6.45) is 1.95. The zero-order valence-corrected chi connectivity index (χ0v) is 12.3. The number of rotatable bonds is 2. The number of nitrogens with two attached hydrogens (primary N) is 1. The molecule has 1 unspecified atom stereocenters. The predicted octanol–water partition coefficient (Wildman–Crippen LogP) is 2.11. The van der Waals surface area contributed by atoms with Crippen molar-refractivity contribution in [3.63, 3.8) is 0 Å². The maximum atomic E-state index is 13.7. The van der Waals surface area contributed by atoms with Crippen molar-refractivity contribution in [3.05, 3.63) is 35.6 Å². The Balaban J connectivity index is 1.56. The minimum Gasteiger partial charge on any atom is -0.375 e. The Bertz CT molecular complexity index is 528. The summed E-state index contributed by atoms with van der Waals surface area (Å²) in [5, 5.41) is 0. The third-order valence-electron chi connectivity index (χ3n) is 4.34. The van der Waals surface area contributed by atoms with E-state index in [2.05, 4.69) is 9.89 Å². The largest absolute Gasteiger partial charge is 0.375 e. The molecule has 3 rings (SSSR count). The summed E-state index contributed by atoms with van der Waals surface area (Å²) >= 11 is 0. The van der Waals surface area contributed by atoms with Gasteiger partial charge >= 0.3 is 0 Å². The van der Waals surface area contributed by atoms with Gasteiger partial charge in [-0.1, -0.05) is 18.2 Å². The Morgan fingerprint density at radius 1 is 1.38 bits per heavy atom. The summed E-state index contributed by atoms with van der Waals surface area (Å²) in [6.45, 7) is 4.32. The van der Waals surface area contributed by atoms with E-state index < -0.39 is 0 Å². The van der Waals surface area contributed by atoms with Gasteiger partial charge in [0.05, 0.1) is 18.8 Å². The van der Waals surface area contributed by atoms with Crippen molar-refractivity contribution in [3.8, 4) is 0 Å². The van der Waals surface area contributed by atoms with Gasteiger partial charge in [0, 0.05) is 13.1 Å². The molecule has 0 amide bonds. The van der Waals surface area contributed by atoms with Crippen LogP contribution in [-0.2, 0) is 4.74 Å². The van der Waals surface area contributed by atoms with Crippen LogP contribution in [-0.4, -0.2) is 42.7 Å². The maximum Gasteiger partial charge on any atom is 0.191 e. The molecule has 1 saturated heterocycles. The third kappa shape index (κ3) is 3.18. The molecule has 0 bridgehead atoms. The number of ether oxygens (including phenoxy) is 1. The van der Waals surface area contributed by atoms with Gasteiger partial charge in [-0.2, -0.15) is 0 Å². The molecule has 2 fully saturated rings. The fourth-order valence-electron chi connectivity index (χ4n) is 3.05. The SMILES string of the molecule is CC1CN(C(N)=NC2CC(c3ccccc3F)C2)CCO1. The summed E-state index contributed by atoms with van der Waals surface area (Å²) in [5.41, 5.74) is 6.89. The van der Waals surface area contributed by atoms with E-state index in [1.54, 1.807) is 6.07 Å². The number of aliphatic imine (C=N–C) groups is 1. The van der Waals surface area contributed by atoms with E-state index in [9.17, 15) is 4.39 Å². The van der Waals surface area contributed by atoms with Crippen LogP contribution in [0.1, 0.15) is 31.2 Å². The molecular weight excluding hydrogens is 269 g/mol. The molecule has 1 heterocycles. The first kappa shape index (κ1) is 14.3. The normalized spacial score (nSPS) is 30.1. The lowest BCUT2D eigenvalue weighted by molar-refractivity contribution is 0.00512. The van der Waals surface area contributed by atoms with Crippen LogP contribution in [0.25, 0.3) is 0 Å². The lowest BCUT2D eigenvalue weighted by atomic mass is 9.76. The smallest absolute Gasteiger partial charge is 0.191 e. The molecule has 1 aromatic rings. The van der Waals surface area contributed by atoms with Gasteiger partial charge in [0.1, 0.15) is 5.82 Å². The summed E-state index contributed by atoms with van der Waals surface area (Å²) in [6, 6.07) is 7.22. The molecule has 2 aliphatic rings. The second-order valence-corrected chi connectivity index (χ2v) is 5.96. The molecule has 5 heteroatoms. The van der Waals surface area contributed by atoms with Gasteiger partial charge in [0.15, 0.2) is 5.96 Å². The number of hydrogen-bond acceptors (Lipinski definition) is 2. The number of nitrogens with zero attached hydrogens (tertiary/aromatic N) is 2. The summed E-state index contributed by atoms with van der Waals surface area (Å²) in [5.74, 6) is 0.762. The Labute approximate surface area is 124 Å². The van der Waals surface area contributed by atoms with Gasteiger partial charge in [0.25, 0.3) is 0 Å². The van der Waals surface area contributed by atoms with E-state index in [1.165, 1.54) is 6.07 Å². The third-order valence-corrected chi connectivity index (χ3v) is 4.34. The molecule has 1 aliphatic heterocycles. The number of halogens is 1. The first-order valence-electron chi connectivity index (χ1n) is 7.57. The highest BCUT2D eigenvalue weighted by molar-refractivity contribution is 5.78. The lowest BCUT2D eigenvalue weighted by Crippen LogP contribution is -2.48. The van der Waals surface area contributed by atoms with Gasteiger partial charge < -0.3 is 15.4 Å². The first-order valence-corrected chi connectivity index (χ1v) is 7.57. The average Bonchev–Trinajstić information content (AvgIpc) is 2.43. The Hall–Kier alpha value is -1.62. The van der Waals surface area contributed by atoms with E-state index in [0.717, 1.165) is 31.5 Å². The number of benzene rings is 1. The van der Waals surface area contributed by atoms with Crippen LogP contribution in [0.2, 0.25) is 0 Å². The van der Waals surface area contributed by atoms with E-state index >= 15 is 0 Å². The van der Waals surface area contributed by atoms with Crippen LogP contribution in [0, 0.1) is 5.82 Å². The molecule has 1 aromatic carbocycles. The summed E-state index contributed by atoms with van der Waals surface area (Å²) in [4.78, 5) is 6.66.